The van der Waals surface area contributed by atoms with Crippen molar-refractivity contribution in [1.29, 1.82) is 0 Å². The average molecular weight is 359 g/mol. The zero-order valence-electron chi connectivity index (χ0n) is 18.1. The predicted molar refractivity (Wildman–Crippen MR) is 105 cm³/mol. The fourth-order valence-corrected chi connectivity index (χ4v) is 3.22. The summed E-state index contributed by atoms with van der Waals surface area (Å²) < 4.78 is 10.8. The molecule has 0 aromatic carbocycles. The highest BCUT2D eigenvalue weighted by atomic mass is 16.5. The third kappa shape index (κ3) is 8.84. The summed E-state index contributed by atoms with van der Waals surface area (Å²) in [7, 11) is 0. The summed E-state index contributed by atoms with van der Waals surface area (Å²) >= 11 is 0. The van der Waals surface area contributed by atoms with Gasteiger partial charge in [0.15, 0.2) is 0 Å². The number of Topliss-reactive ketones (excluding diaryl/α,β-unsaturated/α-hetero) is 1. The number of carbonyl (C=O) groups excluding carboxylic acids is 2. The van der Waals surface area contributed by atoms with Crippen LogP contribution in [0, 0.1) is 17.3 Å². The second kappa shape index (κ2) is 14.3. The lowest BCUT2D eigenvalue weighted by Crippen LogP contribution is -2.35. The Morgan fingerprint density at radius 3 is 2.00 bits per heavy atom. The number of hydrogen-bond donors (Lipinski definition) is 0. The van der Waals surface area contributed by atoms with Crippen LogP contribution >= 0.6 is 0 Å². The van der Waals surface area contributed by atoms with Crippen molar-refractivity contribution in [2.75, 3.05) is 13.2 Å². The SMILES string of the molecule is CC.CC.CCC(=O)C1CCC(C(=O)OCCCOC(C)C)C1(C)C. The monoisotopic (exact) mass is 358 g/mol. The lowest BCUT2D eigenvalue weighted by Gasteiger charge is -2.30. The van der Waals surface area contributed by atoms with Gasteiger partial charge in [-0.15, -0.1) is 0 Å². The molecule has 0 heterocycles. The standard InChI is InChI=1S/C17H30O4.2C2H6/c1-6-15(18)13-8-9-14(17(13,4)5)16(19)21-11-7-10-20-12(2)3;2*1-2/h12-14H,6-11H2,1-5H3;2*1-2H3. The second-order valence-corrected chi connectivity index (χ2v) is 6.76. The Morgan fingerprint density at radius 2 is 1.52 bits per heavy atom. The van der Waals surface area contributed by atoms with E-state index in [9.17, 15) is 9.59 Å². The summed E-state index contributed by atoms with van der Waals surface area (Å²) in [6, 6.07) is 0. The fraction of sp³-hybridized carbons (Fsp3) is 0.905. The first-order valence-corrected chi connectivity index (χ1v) is 10.1. The predicted octanol–water partition coefficient (Wildman–Crippen LogP) is 5.43. The van der Waals surface area contributed by atoms with Crippen LogP contribution in [0.3, 0.4) is 0 Å². The van der Waals surface area contributed by atoms with E-state index in [0.29, 0.717) is 26.1 Å². The number of ketones is 1. The molecule has 0 saturated heterocycles. The van der Waals surface area contributed by atoms with Crippen molar-refractivity contribution in [2.45, 2.75) is 94.1 Å². The van der Waals surface area contributed by atoms with Gasteiger partial charge < -0.3 is 9.47 Å². The molecule has 2 unspecified atom stereocenters. The Bertz CT molecular complexity index is 361. The van der Waals surface area contributed by atoms with Gasteiger partial charge in [-0.25, -0.2) is 0 Å². The first-order valence-electron chi connectivity index (χ1n) is 10.1. The van der Waals surface area contributed by atoms with E-state index in [1.165, 1.54) is 0 Å². The van der Waals surface area contributed by atoms with Crippen molar-refractivity contribution in [2.24, 2.45) is 17.3 Å². The topological polar surface area (TPSA) is 52.6 Å². The molecule has 0 aliphatic heterocycles. The Hall–Kier alpha value is -0.900. The first-order chi connectivity index (χ1) is 11.8. The molecular formula is C21H42O4. The van der Waals surface area contributed by atoms with Crippen molar-refractivity contribution in [1.82, 2.24) is 0 Å². The van der Waals surface area contributed by atoms with Gasteiger partial charge in [0.05, 0.1) is 25.2 Å². The molecule has 0 spiro atoms. The Labute approximate surface area is 156 Å². The molecule has 1 rings (SSSR count). The van der Waals surface area contributed by atoms with E-state index in [0.717, 1.165) is 12.8 Å². The highest BCUT2D eigenvalue weighted by Crippen LogP contribution is 2.48. The molecule has 0 aromatic heterocycles. The minimum absolute atomic E-state index is 0.00988. The Balaban J connectivity index is 0. The molecule has 0 amide bonds. The van der Waals surface area contributed by atoms with Crippen LogP contribution in [-0.2, 0) is 19.1 Å². The van der Waals surface area contributed by atoms with E-state index >= 15 is 0 Å². The van der Waals surface area contributed by atoms with Gasteiger partial charge in [0.2, 0.25) is 0 Å². The Morgan fingerprint density at radius 1 is 1.00 bits per heavy atom. The summed E-state index contributed by atoms with van der Waals surface area (Å²) in [5.74, 6) is -0.0649. The maximum absolute atomic E-state index is 12.2. The van der Waals surface area contributed by atoms with Gasteiger partial charge in [0.25, 0.3) is 0 Å². The van der Waals surface area contributed by atoms with Crippen LogP contribution in [0.4, 0.5) is 0 Å². The van der Waals surface area contributed by atoms with Gasteiger partial charge in [0.1, 0.15) is 5.78 Å². The van der Waals surface area contributed by atoms with Gasteiger partial charge in [-0.05, 0) is 32.1 Å². The molecule has 1 fully saturated rings. The van der Waals surface area contributed by atoms with Crippen LogP contribution < -0.4 is 0 Å². The summed E-state index contributed by atoms with van der Waals surface area (Å²) in [5, 5.41) is 0. The van der Waals surface area contributed by atoms with Crippen LogP contribution in [0.2, 0.25) is 0 Å². The van der Waals surface area contributed by atoms with Crippen molar-refractivity contribution >= 4 is 11.8 Å². The summed E-state index contributed by atoms with van der Waals surface area (Å²) in [5.41, 5.74) is -0.293. The van der Waals surface area contributed by atoms with Crippen molar-refractivity contribution in [3.8, 4) is 0 Å². The van der Waals surface area contributed by atoms with Gasteiger partial charge in [-0.2, -0.15) is 0 Å². The summed E-state index contributed by atoms with van der Waals surface area (Å²) in [6.45, 7) is 18.9. The normalized spacial score (nSPS) is 20.9. The first kappa shape index (κ1) is 26.3. The van der Waals surface area contributed by atoms with Crippen molar-refractivity contribution in [3.05, 3.63) is 0 Å². The van der Waals surface area contributed by atoms with E-state index in [-0.39, 0.29) is 35.1 Å². The summed E-state index contributed by atoms with van der Waals surface area (Å²) in [6.07, 6.45) is 3.02. The molecule has 1 aliphatic rings. The number of esters is 1. The van der Waals surface area contributed by atoms with Gasteiger partial charge >= 0.3 is 5.97 Å². The largest absolute Gasteiger partial charge is 0.465 e. The van der Waals surface area contributed by atoms with Crippen molar-refractivity contribution < 1.29 is 19.1 Å². The van der Waals surface area contributed by atoms with E-state index in [4.69, 9.17) is 9.47 Å². The van der Waals surface area contributed by atoms with Crippen molar-refractivity contribution in [3.63, 3.8) is 0 Å². The Kier molecular flexibility index (Phi) is 15.0. The zero-order valence-corrected chi connectivity index (χ0v) is 18.1. The molecule has 1 saturated carbocycles. The number of hydrogen-bond acceptors (Lipinski definition) is 4. The number of ether oxygens (including phenoxy) is 2. The fourth-order valence-electron chi connectivity index (χ4n) is 3.22. The van der Waals surface area contributed by atoms with Gasteiger partial charge in [-0.1, -0.05) is 48.5 Å². The molecule has 0 N–H and O–H groups in total. The highest BCUT2D eigenvalue weighted by Gasteiger charge is 2.49. The van der Waals surface area contributed by atoms with E-state index in [1.54, 1.807) is 0 Å². The molecule has 4 nitrogen and oxygen atoms in total. The average Bonchev–Trinajstić information content (AvgIpc) is 2.92. The lowest BCUT2D eigenvalue weighted by atomic mass is 9.73. The van der Waals surface area contributed by atoms with Crippen LogP contribution in [0.1, 0.15) is 88.0 Å². The molecular weight excluding hydrogens is 316 g/mol. The molecule has 25 heavy (non-hydrogen) atoms. The maximum Gasteiger partial charge on any atom is 0.309 e. The number of carbonyl (C=O) groups is 2. The van der Waals surface area contributed by atoms with Gasteiger partial charge in [-0.3, -0.25) is 9.59 Å². The summed E-state index contributed by atoms with van der Waals surface area (Å²) in [4.78, 5) is 24.2. The van der Waals surface area contributed by atoms with E-state index in [2.05, 4.69) is 0 Å². The van der Waals surface area contributed by atoms with E-state index in [1.807, 2.05) is 62.3 Å². The molecule has 4 heteroatoms. The highest BCUT2D eigenvalue weighted by molar-refractivity contribution is 5.84. The van der Waals surface area contributed by atoms with Crippen LogP contribution in [0.15, 0.2) is 0 Å². The third-order valence-corrected chi connectivity index (χ3v) is 4.55. The zero-order chi connectivity index (χ0) is 20.0. The van der Waals surface area contributed by atoms with E-state index < -0.39 is 0 Å². The lowest BCUT2D eigenvalue weighted by molar-refractivity contribution is -0.153. The third-order valence-electron chi connectivity index (χ3n) is 4.55. The molecule has 2 atom stereocenters. The number of rotatable bonds is 8. The molecule has 0 aromatic rings. The smallest absolute Gasteiger partial charge is 0.309 e. The van der Waals surface area contributed by atoms with Gasteiger partial charge in [0, 0.05) is 18.8 Å². The minimum Gasteiger partial charge on any atom is -0.465 e. The molecule has 0 bridgehead atoms. The van der Waals surface area contributed by atoms with Crippen LogP contribution in [0.5, 0.6) is 0 Å². The quantitative estimate of drug-likeness (QED) is 0.429. The minimum atomic E-state index is -0.293. The van der Waals surface area contributed by atoms with Crippen LogP contribution in [0.25, 0.3) is 0 Å². The maximum atomic E-state index is 12.2. The molecule has 150 valence electrons. The molecule has 0 radical (unpaired) electrons. The second-order valence-electron chi connectivity index (χ2n) is 6.76. The van der Waals surface area contributed by atoms with Crippen LogP contribution in [-0.4, -0.2) is 31.1 Å². The molecule has 1 aliphatic carbocycles.